The summed E-state index contributed by atoms with van der Waals surface area (Å²) in [5.74, 6) is 0. The van der Waals surface area contributed by atoms with Crippen LogP contribution < -0.4 is 15.8 Å². The zero-order valence-electron chi connectivity index (χ0n) is 11.3. The first-order chi connectivity index (χ1) is 9.69. The minimum Gasteiger partial charge on any atom is -0.394 e. The molecule has 0 aliphatic carbocycles. The Bertz CT molecular complexity index is 548. The third-order valence-electron chi connectivity index (χ3n) is 4.14. The quantitative estimate of drug-likeness (QED) is 0.828. The van der Waals surface area contributed by atoms with Gasteiger partial charge in [-0.25, -0.2) is 4.68 Å². The molecule has 2 N–H and O–H groups in total. The maximum atomic E-state index is 12.2. The van der Waals surface area contributed by atoms with Crippen LogP contribution in [0.1, 0.15) is 19.3 Å². The summed E-state index contributed by atoms with van der Waals surface area (Å²) >= 11 is 3.40. The Morgan fingerprint density at radius 2 is 2.20 bits per heavy atom. The minimum absolute atomic E-state index is 0.0872. The highest BCUT2D eigenvalue weighted by molar-refractivity contribution is 9.10. The van der Waals surface area contributed by atoms with Crippen LogP contribution in [0.2, 0.25) is 0 Å². The normalized spacial score (nSPS) is 25.8. The summed E-state index contributed by atoms with van der Waals surface area (Å²) in [6.07, 6.45) is 5.28. The highest BCUT2D eigenvalue weighted by Gasteiger charge is 2.30. The van der Waals surface area contributed by atoms with Gasteiger partial charge in [-0.3, -0.25) is 4.79 Å². The number of rotatable bonds is 3. The molecule has 3 heterocycles. The Morgan fingerprint density at radius 3 is 3.00 bits per heavy atom. The second-order valence-electron chi connectivity index (χ2n) is 5.47. The van der Waals surface area contributed by atoms with Gasteiger partial charge in [0.25, 0.3) is 5.56 Å². The average molecular weight is 343 g/mol. The van der Waals surface area contributed by atoms with E-state index >= 15 is 0 Å². The Labute approximate surface area is 125 Å². The molecular formula is C13H19BrN4O2. The fraction of sp³-hybridized carbons (Fsp3) is 0.692. The standard InChI is InChI=1S/C13H19BrN4O2/c14-12-11(7-15-18(5-6-19)13(12)20)17-4-3-9-1-2-10(8-17)16-9/h7,9-10,16,19H,1-6,8H2. The van der Waals surface area contributed by atoms with E-state index in [-0.39, 0.29) is 18.7 Å². The Morgan fingerprint density at radius 1 is 1.40 bits per heavy atom. The van der Waals surface area contributed by atoms with Crippen molar-refractivity contribution >= 4 is 21.6 Å². The van der Waals surface area contributed by atoms with E-state index in [1.807, 2.05) is 0 Å². The lowest BCUT2D eigenvalue weighted by atomic mass is 10.1. The SMILES string of the molecule is O=c1c(Br)c(N2CCC3CCC(C2)N3)cnn1CCO. The molecule has 2 unspecified atom stereocenters. The maximum Gasteiger partial charge on any atom is 0.283 e. The minimum atomic E-state index is -0.182. The van der Waals surface area contributed by atoms with E-state index < -0.39 is 0 Å². The molecule has 110 valence electrons. The molecule has 0 radical (unpaired) electrons. The zero-order valence-corrected chi connectivity index (χ0v) is 12.8. The summed E-state index contributed by atoms with van der Waals surface area (Å²) in [5.41, 5.74) is 0.678. The monoisotopic (exact) mass is 342 g/mol. The number of anilines is 1. The van der Waals surface area contributed by atoms with Crippen molar-refractivity contribution in [3.8, 4) is 0 Å². The van der Waals surface area contributed by atoms with Crippen molar-refractivity contribution in [3.63, 3.8) is 0 Å². The molecule has 2 fully saturated rings. The van der Waals surface area contributed by atoms with Gasteiger partial charge in [-0.05, 0) is 35.2 Å². The van der Waals surface area contributed by atoms with Gasteiger partial charge in [0.1, 0.15) is 4.47 Å². The number of aliphatic hydroxyl groups is 1. The van der Waals surface area contributed by atoms with Gasteiger partial charge < -0.3 is 15.3 Å². The first kappa shape index (κ1) is 14.0. The largest absolute Gasteiger partial charge is 0.394 e. The molecule has 6 nitrogen and oxygen atoms in total. The highest BCUT2D eigenvalue weighted by atomic mass is 79.9. The van der Waals surface area contributed by atoms with Crippen LogP contribution in [-0.2, 0) is 6.54 Å². The van der Waals surface area contributed by atoms with Crippen molar-refractivity contribution in [2.24, 2.45) is 0 Å². The Balaban J connectivity index is 1.86. The zero-order chi connectivity index (χ0) is 14.1. The van der Waals surface area contributed by atoms with E-state index in [1.165, 1.54) is 17.5 Å². The van der Waals surface area contributed by atoms with Crippen molar-refractivity contribution < 1.29 is 5.11 Å². The molecule has 3 rings (SSSR count). The third-order valence-corrected chi connectivity index (χ3v) is 4.89. The van der Waals surface area contributed by atoms with Crippen LogP contribution >= 0.6 is 15.9 Å². The molecule has 0 aromatic carbocycles. The molecule has 2 atom stereocenters. The summed E-state index contributed by atoms with van der Waals surface area (Å²) in [7, 11) is 0. The van der Waals surface area contributed by atoms with Crippen LogP contribution in [0.5, 0.6) is 0 Å². The van der Waals surface area contributed by atoms with Crippen LogP contribution in [0.4, 0.5) is 5.69 Å². The highest BCUT2D eigenvalue weighted by Crippen LogP contribution is 2.27. The van der Waals surface area contributed by atoms with E-state index in [1.54, 1.807) is 6.20 Å². The molecule has 2 aliphatic heterocycles. The van der Waals surface area contributed by atoms with Crippen LogP contribution in [0.15, 0.2) is 15.5 Å². The smallest absolute Gasteiger partial charge is 0.283 e. The molecule has 7 heteroatoms. The van der Waals surface area contributed by atoms with E-state index in [0.29, 0.717) is 16.6 Å². The number of aliphatic hydroxyl groups excluding tert-OH is 1. The van der Waals surface area contributed by atoms with E-state index in [9.17, 15) is 4.79 Å². The first-order valence-electron chi connectivity index (χ1n) is 7.06. The van der Waals surface area contributed by atoms with Crippen LogP contribution in [0.25, 0.3) is 0 Å². The summed E-state index contributed by atoms with van der Waals surface area (Å²) < 4.78 is 1.83. The Hall–Kier alpha value is -0.920. The molecule has 0 spiro atoms. The predicted molar refractivity (Wildman–Crippen MR) is 80.1 cm³/mol. The molecule has 1 aromatic heterocycles. The first-order valence-corrected chi connectivity index (χ1v) is 7.86. The third kappa shape index (κ3) is 2.62. The summed E-state index contributed by atoms with van der Waals surface area (Å²) in [6, 6.07) is 1.13. The average Bonchev–Trinajstić information content (AvgIpc) is 2.76. The van der Waals surface area contributed by atoms with E-state index in [2.05, 4.69) is 31.2 Å². The number of hydrogen-bond donors (Lipinski definition) is 2. The van der Waals surface area contributed by atoms with Crippen molar-refractivity contribution in [1.82, 2.24) is 15.1 Å². The molecule has 1 aromatic rings. The van der Waals surface area contributed by atoms with Crippen LogP contribution in [0, 0.1) is 0 Å². The topological polar surface area (TPSA) is 70.4 Å². The predicted octanol–water partition coefficient (Wildman–Crippen LogP) is 0.329. The molecule has 2 aliphatic rings. The fourth-order valence-electron chi connectivity index (χ4n) is 3.09. The molecule has 0 amide bonds. The van der Waals surface area contributed by atoms with Gasteiger partial charge in [0, 0.05) is 25.2 Å². The molecule has 2 bridgehead atoms. The van der Waals surface area contributed by atoms with Crippen molar-refractivity contribution in [2.45, 2.75) is 37.9 Å². The van der Waals surface area contributed by atoms with Gasteiger partial charge in [-0.15, -0.1) is 0 Å². The van der Waals surface area contributed by atoms with Gasteiger partial charge in [0.2, 0.25) is 0 Å². The number of nitrogens with zero attached hydrogens (tertiary/aromatic N) is 3. The lowest BCUT2D eigenvalue weighted by molar-refractivity contribution is 0.266. The molecule has 2 saturated heterocycles. The van der Waals surface area contributed by atoms with E-state index in [4.69, 9.17) is 5.11 Å². The molecule has 20 heavy (non-hydrogen) atoms. The van der Waals surface area contributed by atoms with Gasteiger partial charge in [-0.1, -0.05) is 0 Å². The van der Waals surface area contributed by atoms with Crippen LogP contribution in [0.3, 0.4) is 0 Å². The molecule has 0 saturated carbocycles. The lowest BCUT2D eigenvalue weighted by Crippen LogP contribution is -2.37. The maximum absolute atomic E-state index is 12.2. The number of hydrogen-bond acceptors (Lipinski definition) is 5. The molecular weight excluding hydrogens is 324 g/mol. The van der Waals surface area contributed by atoms with Gasteiger partial charge >= 0.3 is 0 Å². The van der Waals surface area contributed by atoms with Crippen molar-refractivity contribution in [3.05, 3.63) is 21.0 Å². The number of halogens is 1. The second kappa shape index (κ2) is 5.83. The fourth-order valence-corrected chi connectivity index (χ4v) is 3.65. The van der Waals surface area contributed by atoms with E-state index in [0.717, 1.165) is 25.2 Å². The summed E-state index contributed by atoms with van der Waals surface area (Å²) in [5, 5.41) is 16.7. The number of aromatic nitrogens is 2. The summed E-state index contributed by atoms with van der Waals surface area (Å²) in [6.45, 7) is 2.00. The Kier molecular flexibility index (Phi) is 4.09. The number of fused-ring (bicyclic) bond motifs is 2. The summed E-state index contributed by atoms with van der Waals surface area (Å²) in [4.78, 5) is 14.4. The van der Waals surface area contributed by atoms with Crippen LogP contribution in [-0.4, -0.2) is 46.7 Å². The van der Waals surface area contributed by atoms with Crippen molar-refractivity contribution in [1.29, 1.82) is 0 Å². The lowest BCUT2D eigenvalue weighted by Gasteiger charge is -2.27. The van der Waals surface area contributed by atoms with Crippen molar-refractivity contribution in [2.75, 3.05) is 24.6 Å². The van der Waals surface area contributed by atoms with Gasteiger partial charge in [-0.2, -0.15) is 5.10 Å². The number of nitrogens with one attached hydrogen (secondary N) is 1. The second-order valence-corrected chi connectivity index (χ2v) is 6.26. The van der Waals surface area contributed by atoms with Gasteiger partial charge in [0.05, 0.1) is 25.0 Å². The van der Waals surface area contributed by atoms with Gasteiger partial charge in [0.15, 0.2) is 0 Å².